The molecule has 0 spiro atoms. The lowest BCUT2D eigenvalue weighted by atomic mass is 10.2. The van der Waals surface area contributed by atoms with Gasteiger partial charge in [0.05, 0.1) is 17.3 Å². The summed E-state index contributed by atoms with van der Waals surface area (Å²) in [5.41, 5.74) is -0.521. The highest BCUT2D eigenvalue weighted by atomic mass is 19.4. The van der Waals surface area contributed by atoms with E-state index in [1.165, 1.54) is 24.3 Å². The molecule has 0 unspecified atom stereocenters. The fourth-order valence-corrected chi connectivity index (χ4v) is 0.902. The van der Waals surface area contributed by atoms with Crippen LogP contribution in [0.25, 0.3) is 0 Å². The van der Waals surface area contributed by atoms with Gasteiger partial charge >= 0.3 is 6.18 Å². The van der Waals surface area contributed by atoms with Crippen LogP contribution in [0.15, 0.2) is 29.3 Å². The zero-order chi connectivity index (χ0) is 11.5. The fraction of sp³-hybridized carbons (Fsp3) is 0.200. The zero-order valence-electron chi connectivity index (χ0n) is 7.84. The van der Waals surface area contributed by atoms with Gasteiger partial charge in [0.25, 0.3) is 0 Å². The van der Waals surface area contributed by atoms with Crippen molar-refractivity contribution in [3.8, 4) is 6.07 Å². The predicted octanol–water partition coefficient (Wildman–Crippen LogP) is 3.21. The lowest BCUT2D eigenvalue weighted by molar-refractivity contribution is -0.0591. The Bertz CT molecular complexity index is 427. The van der Waals surface area contributed by atoms with Crippen LogP contribution in [0.3, 0.4) is 0 Å². The Morgan fingerprint density at radius 2 is 2.07 bits per heavy atom. The minimum atomic E-state index is -4.43. The minimum absolute atomic E-state index is 0.129. The number of nitrogens with zero attached hydrogens (tertiary/aromatic N) is 2. The quantitative estimate of drug-likeness (QED) is 0.658. The first-order valence-electron chi connectivity index (χ1n) is 4.06. The number of nitriles is 1. The lowest BCUT2D eigenvalue weighted by Gasteiger charge is -2.04. The van der Waals surface area contributed by atoms with Crippen LogP contribution >= 0.6 is 0 Å². The summed E-state index contributed by atoms with van der Waals surface area (Å²) in [6.07, 6.45) is -4.43. The van der Waals surface area contributed by atoms with Gasteiger partial charge in [-0.05, 0) is 25.1 Å². The first-order valence-corrected chi connectivity index (χ1v) is 4.06. The Morgan fingerprint density at radius 3 is 2.60 bits per heavy atom. The fourth-order valence-electron chi connectivity index (χ4n) is 0.902. The molecule has 1 aromatic rings. The van der Waals surface area contributed by atoms with Gasteiger partial charge in [0, 0.05) is 0 Å². The predicted molar refractivity (Wildman–Crippen MR) is 50.0 cm³/mol. The van der Waals surface area contributed by atoms with Crippen molar-refractivity contribution >= 4 is 11.4 Å². The SMILES string of the molecule is CC(=Nc1cccc(C#N)c1)C(F)(F)F. The highest BCUT2D eigenvalue weighted by molar-refractivity contribution is 5.89. The molecule has 1 aromatic carbocycles. The minimum Gasteiger partial charge on any atom is -0.249 e. The summed E-state index contributed by atoms with van der Waals surface area (Å²) in [5, 5.41) is 8.54. The lowest BCUT2D eigenvalue weighted by Crippen LogP contribution is -2.18. The number of alkyl halides is 3. The van der Waals surface area contributed by atoms with E-state index in [1.54, 1.807) is 0 Å². The van der Waals surface area contributed by atoms with Gasteiger partial charge in [0.1, 0.15) is 5.71 Å². The number of halogens is 3. The van der Waals surface area contributed by atoms with Gasteiger partial charge in [-0.25, -0.2) is 4.99 Å². The Kier molecular flexibility index (Phi) is 3.10. The Labute approximate surface area is 84.7 Å². The molecule has 0 fully saturated rings. The molecule has 1 rings (SSSR count). The number of hydrogen-bond donors (Lipinski definition) is 0. The van der Waals surface area contributed by atoms with Crippen LogP contribution in [0.2, 0.25) is 0 Å². The van der Waals surface area contributed by atoms with Crippen LogP contribution in [0, 0.1) is 11.3 Å². The maximum atomic E-state index is 12.1. The van der Waals surface area contributed by atoms with Crippen LogP contribution in [-0.4, -0.2) is 11.9 Å². The standard InChI is InChI=1S/C10H7F3N2/c1-7(10(11,12)13)15-9-4-2-3-8(5-9)6-14/h2-5H,1H3. The van der Waals surface area contributed by atoms with Gasteiger partial charge in [-0.15, -0.1) is 0 Å². The molecule has 0 saturated carbocycles. The van der Waals surface area contributed by atoms with Crippen molar-refractivity contribution in [3.05, 3.63) is 29.8 Å². The first kappa shape index (κ1) is 11.2. The molecule has 0 saturated heterocycles. The monoisotopic (exact) mass is 212 g/mol. The maximum Gasteiger partial charge on any atom is 0.429 e. The van der Waals surface area contributed by atoms with Crippen LogP contribution in [0.5, 0.6) is 0 Å². The van der Waals surface area contributed by atoms with E-state index < -0.39 is 11.9 Å². The molecule has 0 amide bonds. The molecule has 78 valence electrons. The second-order valence-corrected chi connectivity index (χ2v) is 2.86. The van der Waals surface area contributed by atoms with E-state index in [4.69, 9.17) is 5.26 Å². The van der Waals surface area contributed by atoms with Crippen molar-refractivity contribution < 1.29 is 13.2 Å². The molecule has 0 radical (unpaired) electrons. The third kappa shape index (κ3) is 3.09. The maximum absolute atomic E-state index is 12.1. The number of aliphatic imine (C=N–C) groups is 1. The second-order valence-electron chi connectivity index (χ2n) is 2.86. The van der Waals surface area contributed by atoms with E-state index in [9.17, 15) is 13.2 Å². The van der Waals surface area contributed by atoms with Gasteiger partial charge in [-0.3, -0.25) is 0 Å². The molecule has 0 aromatic heterocycles. The smallest absolute Gasteiger partial charge is 0.249 e. The van der Waals surface area contributed by atoms with E-state index in [0.717, 1.165) is 6.92 Å². The Balaban J connectivity index is 3.04. The van der Waals surface area contributed by atoms with Crippen LogP contribution in [0.1, 0.15) is 12.5 Å². The Morgan fingerprint density at radius 1 is 1.40 bits per heavy atom. The summed E-state index contributed by atoms with van der Waals surface area (Å²) in [7, 11) is 0. The molecule has 0 aliphatic heterocycles. The second kappa shape index (κ2) is 4.13. The molecule has 0 bridgehead atoms. The summed E-state index contributed by atoms with van der Waals surface area (Å²) in [6, 6.07) is 7.53. The van der Waals surface area contributed by atoms with E-state index in [0.29, 0.717) is 0 Å². The topological polar surface area (TPSA) is 36.1 Å². The zero-order valence-corrected chi connectivity index (χ0v) is 7.84. The Hall–Kier alpha value is -1.83. The van der Waals surface area contributed by atoms with Crippen molar-refractivity contribution in [2.75, 3.05) is 0 Å². The number of rotatable bonds is 1. The van der Waals surface area contributed by atoms with E-state index in [2.05, 4.69) is 4.99 Å². The largest absolute Gasteiger partial charge is 0.429 e. The highest BCUT2D eigenvalue weighted by Crippen LogP contribution is 2.21. The van der Waals surface area contributed by atoms with Gasteiger partial charge in [-0.2, -0.15) is 18.4 Å². The van der Waals surface area contributed by atoms with E-state index in [1.807, 2.05) is 6.07 Å². The molecule has 0 heterocycles. The average molecular weight is 212 g/mol. The summed E-state index contributed by atoms with van der Waals surface area (Å²) >= 11 is 0. The van der Waals surface area contributed by atoms with Crippen molar-refractivity contribution in [3.63, 3.8) is 0 Å². The van der Waals surface area contributed by atoms with Crippen LogP contribution < -0.4 is 0 Å². The van der Waals surface area contributed by atoms with Crippen molar-refractivity contribution in [1.82, 2.24) is 0 Å². The summed E-state index contributed by atoms with van der Waals surface area (Å²) in [4.78, 5) is 3.38. The third-order valence-corrected chi connectivity index (χ3v) is 1.68. The van der Waals surface area contributed by atoms with Crippen LogP contribution in [0.4, 0.5) is 18.9 Å². The van der Waals surface area contributed by atoms with Gasteiger partial charge < -0.3 is 0 Å². The van der Waals surface area contributed by atoms with Crippen molar-refractivity contribution in [2.24, 2.45) is 4.99 Å². The average Bonchev–Trinajstić information content (AvgIpc) is 2.16. The molecule has 0 atom stereocenters. The number of benzene rings is 1. The summed E-state index contributed by atoms with van der Waals surface area (Å²) < 4.78 is 36.4. The van der Waals surface area contributed by atoms with Crippen molar-refractivity contribution in [2.45, 2.75) is 13.1 Å². The van der Waals surface area contributed by atoms with Gasteiger partial charge in [0.15, 0.2) is 0 Å². The van der Waals surface area contributed by atoms with Crippen LogP contribution in [-0.2, 0) is 0 Å². The van der Waals surface area contributed by atoms with Gasteiger partial charge in [-0.1, -0.05) is 6.07 Å². The summed E-state index contributed by atoms with van der Waals surface area (Å²) in [6.45, 7) is 0.888. The van der Waals surface area contributed by atoms with E-state index >= 15 is 0 Å². The first-order chi connectivity index (χ1) is 6.93. The molecule has 0 N–H and O–H groups in total. The third-order valence-electron chi connectivity index (χ3n) is 1.68. The molecule has 0 aliphatic carbocycles. The molecular formula is C10H7F3N2. The molecule has 5 heteroatoms. The molecular weight excluding hydrogens is 205 g/mol. The van der Waals surface area contributed by atoms with Crippen molar-refractivity contribution in [1.29, 1.82) is 5.26 Å². The summed E-state index contributed by atoms with van der Waals surface area (Å²) in [5.74, 6) is 0. The number of hydrogen-bond acceptors (Lipinski definition) is 2. The normalized spacial score (nSPS) is 12.3. The van der Waals surface area contributed by atoms with Gasteiger partial charge in [0.2, 0.25) is 0 Å². The highest BCUT2D eigenvalue weighted by Gasteiger charge is 2.31. The van der Waals surface area contributed by atoms with E-state index in [-0.39, 0.29) is 11.3 Å². The molecule has 0 aliphatic rings. The molecule has 2 nitrogen and oxygen atoms in total. The molecule has 15 heavy (non-hydrogen) atoms.